The summed E-state index contributed by atoms with van der Waals surface area (Å²) >= 11 is 0. The zero-order valence-electron chi connectivity index (χ0n) is 13.9. The van der Waals surface area contributed by atoms with Crippen molar-refractivity contribution in [2.45, 2.75) is 30.1 Å². The third-order valence-corrected chi connectivity index (χ3v) is 7.75. The third-order valence-electron chi connectivity index (χ3n) is 4.97. The summed E-state index contributed by atoms with van der Waals surface area (Å²) in [4.78, 5) is 18.1. The molecule has 1 aromatic heterocycles. The summed E-state index contributed by atoms with van der Waals surface area (Å²) in [5.41, 5.74) is 4.23. The average Bonchev–Trinajstić information content (AvgIpc) is 3.33. The highest BCUT2D eigenvalue weighted by Crippen LogP contribution is 2.66. The number of halogens is 2. The Morgan fingerprint density at radius 1 is 1.54 bits per heavy atom. The number of amides is 1. The van der Waals surface area contributed by atoms with Gasteiger partial charge in [-0.1, -0.05) is 0 Å². The van der Waals surface area contributed by atoms with Gasteiger partial charge in [-0.3, -0.25) is 9.11 Å². The van der Waals surface area contributed by atoms with Crippen LogP contribution >= 0.6 is 10.6 Å². The summed E-state index contributed by atoms with van der Waals surface area (Å²) in [6.45, 7) is 0.250. The summed E-state index contributed by atoms with van der Waals surface area (Å²) in [6, 6.07) is 1.27. The summed E-state index contributed by atoms with van der Waals surface area (Å²) in [5.74, 6) is -2.18. The lowest BCUT2D eigenvalue weighted by Crippen LogP contribution is -2.66. The van der Waals surface area contributed by atoms with E-state index in [2.05, 4.69) is 15.3 Å². The molecule has 6 N–H and O–H groups in total. The second kappa shape index (κ2) is 6.03. The highest BCUT2D eigenvalue weighted by atomic mass is 32.3. The van der Waals surface area contributed by atoms with Gasteiger partial charge in [0.1, 0.15) is 17.3 Å². The van der Waals surface area contributed by atoms with Gasteiger partial charge >= 0.3 is 6.09 Å². The van der Waals surface area contributed by atoms with Crippen molar-refractivity contribution in [3.63, 3.8) is 0 Å². The van der Waals surface area contributed by atoms with Crippen LogP contribution in [0.1, 0.15) is 25.3 Å². The van der Waals surface area contributed by atoms with Crippen molar-refractivity contribution < 1.29 is 27.8 Å². The molecule has 0 aromatic carbocycles. The summed E-state index contributed by atoms with van der Waals surface area (Å²) < 4.78 is 48.2. The van der Waals surface area contributed by atoms with Gasteiger partial charge in [0.05, 0.1) is 23.2 Å². The zero-order valence-corrected chi connectivity index (χ0v) is 14.8. The van der Waals surface area contributed by atoms with Crippen molar-refractivity contribution in [1.29, 1.82) is 0 Å². The first-order valence-electron chi connectivity index (χ1n) is 7.89. The Bertz CT molecular complexity index is 789. The van der Waals surface area contributed by atoms with Crippen molar-refractivity contribution in [3.05, 3.63) is 23.8 Å². The molecular formula is C15H20F2N4O4S. The second-order valence-electron chi connectivity index (χ2n) is 6.92. The van der Waals surface area contributed by atoms with Crippen LogP contribution in [0.4, 0.5) is 19.3 Å². The number of nitrogens with zero attached hydrogens (tertiary/aromatic N) is 2. The standard InChI is InChI=1S/C15H20F2N4O4S/c1-14(10-4-9(18)5-19-11(10)17)7-26(24,25)15(6-16,8-2-3-8)12(21-14)20-13(22)23/h4-5,8,24-25H,2-3,6-7,18H2,1H3,(H,20,21)(H,22,23)/t14-,15-/m0/s1. The van der Waals surface area contributed by atoms with Crippen molar-refractivity contribution in [3.8, 4) is 0 Å². The van der Waals surface area contributed by atoms with E-state index in [1.54, 1.807) is 0 Å². The molecule has 2 fully saturated rings. The molecule has 11 heteroatoms. The van der Waals surface area contributed by atoms with Crippen LogP contribution in [-0.4, -0.2) is 48.3 Å². The molecule has 144 valence electrons. The SMILES string of the molecule is C[C@@]1(c2cc(N)cnc2F)CS(O)(O)[C@@](CF)(C2CC2)C(=NC(=O)O)N1. The molecule has 2 aliphatic rings. The normalized spacial score (nSPS) is 33.5. The monoisotopic (exact) mass is 390 g/mol. The number of aliphatic imine (C=N–C) groups is 1. The van der Waals surface area contributed by atoms with Crippen LogP contribution in [0.15, 0.2) is 17.3 Å². The van der Waals surface area contributed by atoms with E-state index in [-0.39, 0.29) is 11.3 Å². The van der Waals surface area contributed by atoms with E-state index in [9.17, 15) is 22.7 Å². The van der Waals surface area contributed by atoms with E-state index in [1.807, 2.05) is 0 Å². The number of pyridine rings is 1. The molecular weight excluding hydrogens is 370 g/mol. The molecule has 2 heterocycles. The fraction of sp³-hybridized carbons (Fsp3) is 0.533. The first kappa shape index (κ1) is 18.8. The molecule has 1 aromatic rings. The third kappa shape index (κ3) is 2.79. The van der Waals surface area contributed by atoms with Crippen molar-refractivity contribution in [2.24, 2.45) is 10.9 Å². The Balaban J connectivity index is 2.17. The maximum absolute atomic E-state index is 14.3. The van der Waals surface area contributed by atoms with Crippen molar-refractivity contribution in [2.75, 3.05) is 18.2 Å². The Kier molecular flexibility index (Phi) is 4.36. The van der Waals surface area contributed by atoms with Gasteiger partial charge in [-0.2, -0.15) is 20.0 Å². The predicted molar refractivity (Wildman–Crippen MR) is 93.7 cm³/mol. The Labute approximate surface area is 149 Å². The maximum Gasteiger partial charge on any atom is 0.432 e. The van der Waals surface area contributed by atoms with Gasteiger partial charge < -0.3 is 16.2 Å². The molecule has 1 saturated heterocycles. The van der Waals surface area contributed by atoms with E-state index in [0.717, 1.165) is 6.20 Å². The topological polar surface area (TPSA) is 141 Å². The van der Waals surface area contributed by atoms with E-state index in [1.165, 1.54) is 13.0 Å². The maximum atomic E-state index is 14.3. The van der Waals surface area contributed by atoms with Crippen LogP contribution in [0.2, 0.25) is 0 Å². The molecule has 0 radical (unpaired) electrons. The zero-order chi connectivity index (χ0) is 19.3. The van der Waals surface area contributed by atoms with Crippen molar-refractivity contribution >= 4 is 28.2 Å². The number of anilines is 1. The van der Waals surface area contributed by atoms with E-state index in [0.29, 0.717) is 12.8 Å². The highest BCUT2D eigenvalue weighted by Gasteiger charge is 2.63. The first-order valence-corrected chi connectivity index (χ1v) is 9.60. The predicted octanol–water partition coefficient (Wildman–Crippen LogP) is 2.57. The van der Waals surface area contributed by atoms with Gasteiger partial charge in [-0.25, -0.2) is 14.2 Å². The Morgan fingerprint density at radius 3 is 2.73 bits per heavy atom. The average molecular weight is 390 g/mol. The minimum Gasteiger partial charge on any atom is -0.463 e. The number of nitrogens with two attached hydrogens (primary N) is 1. The van der Waals surface area contributed by atoms with Crippen molar-refractivity contribution in [1.82, 2.24) is 10.3 Å². The van der Waals surface area contributed by atoms with E-state index < -0.39 is 57.1 Å². The minimum atomic E-state index is -3.72. The molecule has 1 aliphatic heterocycles. The summed E-state index contributed by atoms with van der Waals surface area (Å²) in [5, 5.41) is 11.9. The number of nitrogen functional groups attached to an aromatic ring is 1. The molecule has 0 spiro atoms. The Hall–Kier alpha value is -1.98. The summed E-state index contributed by atoms with van der Waals surface area (Å²) in [7, 11) is -3.72. The highest BCUT2D eigenvalue weighted by molar-refractivity contribution is 8.26. The lowest BCUT2D eigenvalue weighted by molar-refractivity contribution is 0.205. The number of amidine groups is 1. The lowest BCUT2D eigenvalue weighted by atomic mass is 9.91. The molecule has 8 nitrogen and oxygen atoms in total. The number of carbonyl (C=O) groups is 1. The fourth-order valence-electron chi connectivity index (χ4n) is 3.57. The number of aromatic nitrogens is 1. The van der Waals surface area contributed by atoms with Crippen LogP contribution < -0.4 is 11.1 Å². The number of hydrogen-bond acceptors (Lipinski definition) is 5. The van der Waals surface area contributed by atoms with Crippen LogP contribution in [0, 0.1) is 11.9 Å². The van der Waals surface area contributed by atoms with Gasteiger partial charge in [0.2, 0.25) is 5.95 Å². The first-order chi connectivity index (χ1) is 12.1. The molecule has 3 rings (SSSR count). The summed E-state index contributed by atoms with van der Waals surface area (Å²) in [6.07, 6.45) is 0.526. The van der Waals surface area contributed by atoms with E-state index >= 15 is 0 Å². The number of alkyl halides is 1. The second-order valence-corrected chi connectivity index (χ2v) is 9.27. The molecule has 2 atom stereocenters. The molecule has 0 unspecified atom stereocenters. The fourth-order valence-corrected chi connectivity index (χ4v) is 6.21. The van der Waals surface area contributed by atoms with E-state index in [4.69, 9.17) is 10.8 Å². The largest absolute Gasteiger partial charge is 0.463 e. The number of hydrogen-bond donors (Lipinski definition) is 5. The number of rotatable bonds is 3. The van der Waals surface area contributed by atoms with Crippen LogP contribution in [-0.2, 0) is 5.54 Å². The molecule has 1 saturated carbocycles. The molecule has 1 amide bonds. The van der Waals surface area contributed by atoms with Crippen LogP contribution in [0.5, 0.6) is 0 Å². The quantitative estimate of drug-likeness (QED) is 0.499. The molecule has 1 aliphatic carbocycles. The van der Waals surface area contributed by atoms with Gasteiger partial charge in [0, 0.05) is 5.56 Å². The van der Waals surface area contributed by atoms with Gasteiger partial charge in [-0.15, -0.1) is 0 Å². The van der Waals surface area contributed by atoms with Gasteiger partial charge in [0.25, 0.3) is 0 Å². The van der Waals surface area contributed by atoms with Crippen LogP contribution in [0.3, 0.4) is 0 Å². The Morgan fingerprint density at radius 2 is 2.19 bits per heavy atom. The number of carboxylic acid groups (broad SMARTS) is 1. The molecule has 0 bridgehead atoms. The van der Waals surface area contributed by atoms with Gasteiger partial charge in [0.15, 0.2) is 0 Å². The van der Waals surface area contributed by atoms with Gasteiger partial charge in [-0.05, 0) is 31.7 Å². The molecule has 26 heavy (non-hydrogen) atoms. The number of nitrogens with one attached hydrogen (secondary N) is 1. The van der Waals surface area contributed by atoms with Crippen LogP contribution in [0.25, 0.3) is 0 Å². The smallest absolute Gasteiger partial charge is 0.432 e. The lowest BCUT2D eigenvalue weighted by Gasteiger charge is -2.58. The minimum absolute atomic E-state index is 0.0844.